The first kappa shape index (κ1) is 15.9. The van der Waals surface area contributed by atoms with E-state index in [2.05, 4.69) is 5.32 Å². The Morgan fingerprint density at radius 1 is 0.941 bits per heavy atom. The molecule has 0 heterocycles. The average Bonchev–Trinajstić information content (AvgIpc) is 2.29. The second kappa shape index (κ2) is 11.4. The van der Waals surface area contributed by atoms with Gasteiger partial charge in [0.05, 0.1) is 0 Å². The summed E-state index contributed by atoms with van der Waals surface area (Å²) in [5.74, 6) is -0.934. The molecule has 5 nitrogen and oxygen atoms in total. The van der Waals surface area contributed by atoms with Crippen LogP contribution in [-0.4, -0.2) is 25.0 Å². The zero-order valence-corrected chi connectivity index (χ0v) is 10.4. The average molecular weight is 243 g/mol. The molecule has 0 aromatic carbocycles. The Hall–Kier alpha value is -1.10. The molecule has 17 heavy (non-hydrogen) atoms. The van der Waals surface area contributed by atoms with Gasteiger partial charge in [-0.2, -0.15) is 0 Å². The van der Waals surface area contributed by atoms with Crippen LogP contribution in [0.4, 0.5) is 0 Å². The number of hydrogen-bond acceptors (Lipinski definition) is 4. The largest absolute Gasteiger partial charge is 0.550 e. The summed E-state index contributed by atoms with van der Waals surface area (Å²) in [4.78, 5) is 21.4. The molecule has 0 fully saturated rings. The maximum Gasteiger partial charge on any atom is 0.219 e. The number of carboxylic acid groups (broad SMARTS) is 1. The Morgan fingerprint density at radius 2 is 1.59 bits per heavy atom. The van der Waals surface area contributed by atoms with Crippen molar-refractivity contribution in [1.82, 2.24) is 5.32 Å². The lowest BCUT2D eigenvalue weighted by atomic mass is 10.1. The van der Waals surface area contributed by atoms with Crippen LogP contribution < -0.4 is 16.2 Å². The summed E-state index contributed by atoms with van der Waals surface area (Å²) in [6.07, 6.45) is 5.75. The quantitative estimate of drug-likeness (QED) is 0.497. The van der Waals surface area contributed by atoms with Gasteiger partial charge in [-0.3, -0.25) is 4.79 Å². The molecule has 0 aliphatic heterocycles. The molecule has 0 unspecified atom stereocenters. The van der Waals surface area contributed by atoms with Gasteiger partial charge in [-0.1, -0.05) is 12.8 Å². The molecular formula is C12H23N2O3-. The van der Waals surface area contributed by atoms with E-state index in [4.69, 9.17) is 5.73 Å². The molecule has 100 valence electrons. The third-order valence-corrected chi connectivity index (χ3v) is 2.49. The summed E-state index contributed by atoms with van der Waals surface area (Å²) in [5, 5.41) is 12.9. The van der Waals surface area contributed by atoms with Gasteiger partial charge in [-0.05, 0) is 38.6 Å². The van der Waals surface area contributed by atoms with Gasteiger partial charge in [0.1, 0.15) is 0 Å². The molecule has 0 radical (unpaired) electrons. The molecule has 1 amide bonds. The Bertz CT molecular complexity index is 220. The first-order valence-corrected chi connectivity index (χ1v) is 6.33. The van der Waals surface area contributed by atoms with Crippen molar-refractivity contribution in [1.29, 1.82) is 0 Å². The van der Waals surface area contributed by atoms with Gasteiger partial charge in [0.2, 0.25) is 5.91 Å². The van der Waals surface area contributed by atoms with Crippen LogP contribution in [0.1, 0.15) is 51.4 Å². The predicted molar refractivity (Wildman–Crippen MR) is 64.0 cm³/mol. The first-order valence-electron chi connectivity index (χ1n) is 6.33. The molecule has 0 atom stereocenters. The fourth-order valence-electron chi connectivity index (χ4n) is 1.49. The van der Waals surface area contributed by atoms with Gasteiger partial charge in [0.15, 0.2) is 0 Å². The van der Waals surface area contributed by atoms with Gasteiger partial charge in [0.25, 0.3) is 0 Å². The second-order valence-corrected chi connectivity index (χ2v) is 4.13. The molecule has 0 aromatic heterocycles. The fourth-order valence-corrected chi connectivity index (χ4v) is 1.49. The molecule has 0 aliphatic carbocycles. The van der Waals surface area contributed by atoms with Gasteiger partial charge < -0.3 is 21.0 Å². The number of carbonyl (C=O) groups is 2. The number of nitrogens with one attached hydrogen (secondary N) is 1. The summed E-state index contributed by atoms with van der Waals surface area (Å²) in [5.41, 5.74) is 5.35. The monoisotopic (exact) mass is 243 g/mol. The lowest BCUT2D eigenvalue weighted by Gasteiger charge is -2.05. The predicted octanol–water partition coefficient (Wildman–Crippen LogP) is -0.0680. The van der Waals surface area contributed by atoms with Gasteiger partial charge in [-0.25, -0.2) is 0 Å². The van der Waals surface area contributed by atoms with E-state index in [0.29, 0.717) is 25.9 Å². The minimum Gasteiger partial charge on any atom is -0.550 e. The first-order chi connectivity index (χ1) is 8.16. The van der Waals surface area contributed by atoms with Crippen LogP contribution in [0.5, 0.6) is 0 Å². The molecular weight excluding hydrogens is 220 g/mol. The summed E-state index contributed by atoms with van der Waals surface area (Å²) in [6.45, 7) is 1.31. The van der Waals surface area contributed by atoms with E-state index in [9.17, 15) is 14.7 Å². The summed E-state index contributed by atoms with van der Waals surface area (Å²) < 4.78 is 0. The van der Waals surface area contributed by atoms with E-state index in [1.54, 1.807) is 0 Å². The maximum atomic E-state index is 11.3. The van der Waals surface area contributed by atoms with Crippen LogP contribution in [0.2, 0.25) is 0 Å². The summed E-state index contributed by atoms with van der Waals surface area (Å²) in [6, 6.07) is 0. The number of carbonyl (C=O) groups excluding carboxylic acids is 2. The molecule has 5 heteroatoms. The maximum absolute atomic E-state index is 11.3. The molecule has 0 rings (SSSR count). The fraction of sp³-hybridized carbons (Fsp3) is 0.833. The molecule has 0 saturated heterocycles. The van der Waals surface area contributed by atoms with Crippen LogP contribution in [0, 0.1) is 0 Å². The Balaban J connectivity index is 3.19. The summed E-state index contributed by atoms with van der Waals surface area (Å²) >= 11 is 0. The number of aliphatic carboxylic acids is 1. The molecule has 0 spiro atoms. The van der Waals surface area contributed by atoms with Crippen molar-refractivity contribution >= 4 is 11.9 Å². The highest BCUT2D eigenvalue weighted by Gasteiger charge is 1.99. The Kier molecular flexibility index (Phi) is 10.7. The smallest absolute Gasteiger partial charge is 0.219 e. The third-order valence-electron chi connectivity index (χ3n) is 2.49. The Labute approximate surface area is 103 Å². The van der Waals surface area contributed by atoms with Crippen LogP contribution in [0.25, 0.3) is 0 Å². The standard InChI is InChI=1S/C12H24N2O3/c13-9-5-1-3-7-11(15)14-10-6-2-4-8-12(16)17/h1-10,13H2,(H,14,15)(H,16,17)/p-1. The number of carboxylic acids is 1. The summed E-state index contributed by atoms with van der Waals surface area (Å²) in [7, 11) is 0. The second-order valence-electron chi connectivity index (χ2n) is 4.13. The van der Waals surface area contributed by atoms with Crippen molar-refractivity contribution in [3.05, 3.63) is 0 Å². The minimum atomic E-state index is -1.01. The van der Waals surface area contributed by atoms with Gasteiger partial charge >= 0.3 is 0 Å². The Morgan fingerprint density at radius 3 is 2.24 bits per heavy atom. The van der Waals surface area contributed by atoms with E-state index in [1.807, 2.05) is 0 Å². The van der Waals surface area contributed by atoms with E-state index in [1.165, 1.54) is 0 Å². The van der Waals surface area contributed by atoms with E-state index in [0.717, 1.165) is 32.1 Å². The van der Waals surface area contributed by atoms with Crippen LogP contribution >= 0.6 is 0 Å². The topological polar surface area (TPSA) is 95.2 Å². The third kappa shape index (κ3) is 12.8. The van der Waals surface area contributed by atoms with Crippen molar-refractivity contribution in [2.45, 2.75) is 51.4 Å². The van der Waals surface area contributed by atoms with E-state index in [-0.39, 0.29) is 12.3 Å². The normalized spacial score (nSPS) is 10.2. The highest BCUT2D eigenvalue weighted by molar-refractivity contribution is 5.75. The number of amides is 1. The minimum absolute atomic E-state index is 0.0712. The van der Waals surface area contributed by atoms with Crippen LogP contribution in [0.15, 0.2) is 0 Å². The van der Waals surface area contributed by atoms with Crippen molar-refractivity contribution in [3.63, 3.8) is 0 Å². The van der Waals surface area contributed by atoms with E-state index >= 15 is 0 Å². The van der Waals surface area contributed by atoms with Crippen LogP contribution in [0.3, 0.4) is 0 Å². The molecule has 0 aliphatic rings. The lowest BCUT2D eigenvalue weighted by Crippen LogP contribution is -2.24. The number of unbranched alkanes of at least 4 members (excludes halogenated alkanes) is 4. The zero-order chi connectivity index (χ0) is 12.9. The van der Waals surface area contributed by atoms with Crippen molar-refractivity contribution in [2.75, 3.05) is 13.1 Å². The SMILES string of the molecule is NCCCCCC(=O)NCCCCCC(=O)[O-]. The lowest BCUT2D eigenvalue weighted by molar-refractivity contribution is -0.305. The molecule has 0 aromatic rings. The van der Waals surface area contributed by atoms with Crippen molar-refractivity contribution < 1.29 is 14.7 Å². The van der Waals surface area contributed by atoms with Crippen molar-refractivity contribution in [2.24, 2.45) is 5.73 Å². The molecule has 0 saturated carbocycles. The number of rotatable bonds is 11. The highest BCUT2D eigenvalue weighted by atomic mass is 16.4. The highest BCUT2D eigenvalue weighted by Crippen LogP contribution is 2.00. The van der Waals surface area contributed by atoms with E-state index < -0.39 is 5.97 Å². The van der Waals surface area contributed by atoms with Gasteiger partial charge in [-0.15, -0.1) is 0 Å². The molecule has 3 N–H and O–H groups in total. The zero-order valence-electron chi connectivity index (χ0n) is 10.4. The van der Waals surface area contributed by atoms with Gasteiger partial charge in [0, 0.05) is 18.9 Å². The van der Waals surface area contributed by atoms with Crippen molar-refractivity contribution in [3.8, 4) is 0 Å². The molecule has 0 bridgehead atoms. The number of nitrogens with two attached hydrogens (primary N) is 1. The number of hydrogen-bond donors (Lipinski definition) is 2. The van der Waals surface area contributed by atoms with Crippen LogP contribution in [-0.2, 0) is 9.59 Å².